The summed E-state index contributed by atoms with van der Waals surface area (Å²) in [7, 11) is 3.26. The van der Waals surface area contributed by atoms with Crippen molar-refractivity contribution < 1.29 is 9.47 Å². The number of alkyl halides is 1. The number of hydrogen-bond acceptors (Lipinski definition) is 2. The Morgan fingerprint density at radius 3 is 2.05 bits per heavy atom. The summed E-state index contributed by atoms with van der Waals surface area (Å²) < 4.78 is 10.8. The average molecular weight is 362 g/mol. The molecule has 1 aliphatic rings. The molecule has 20 heavy (non-hydrogen) atoms. The van der Waals surface area contributed by atoms with E-state index in [1.807, 2.05) is 12.1 Å². The summed E-state index contributed by atoms with van der Waals surface area (Å²) in [4.78, 5) is 0.214. The van der Waals surface area contributed by atoms with Gasteiger partial charge in [-0.25, -0.2) is 0 Å². The van der Waals surface area contributed by atoms with Gasteiger partial charge in [-0.1, -0.05) is 61.3 Å². The number of rotatable bonds is 4. The Labute approximate surface area is 134 Å². The lowest BCUT2D eigenvalue weighted by Gasteiger charge is -2.18. The first-order valence-corrected chi connectivity index (χ1v) is 8.04. The van der Waals surface area contributed by atoms with Gasteiger partial charge in [-0.05, 0) is 22.8 Å². The van der Waals surface area contributed by atoms with Crippen molar-refractivity contribution in [1.29, 1.82) is 0 Å². The molecule has 1 atom stereocenters. The molecule has 1 unspecified atom stereocenters. The minimum atomic E-state index is 0.214. The van der Waals surface area contributed by atoms with Crippen LogP contribution in [0.1, 0.15) is 38.1 Å². The van der Waals surface area contributed by atoms with Crippen LogP contribution in [0.25, 0.3) is 0 Å². The molecule has 1 aliphatic carbocycles. The molecule has 4 heteroatoms. The molecule has 2 rings (SSSR count). The SMILES string of the molecule is COc1ccc(C(Br)C2C(C)(C)C2(C)C)c(OC)c1Cl. The molecule has 112 valence electrons. The molecule has 0 spiro atoms. The van der Waals surface area contributed by atoms with Crippen LogP contribution in [0.2, 0.25) is 5.02 Å². The predicted octanol–water partition coefficient (Wildman–Crippen LogP) is 5.48. The highest BCUT2D eigenvalue weighted by Crippen LogP contribution is 2.74. The maximum atomic E-state index is 6.35. The topological polar surface area (TPSA) is 18.5 Å². The van der Waals surface area contributed by atoms with Crippen molar-refractivity contribution >= 4 is 27.5 Å². The van der Waals surface area contributed by atoms with E-state index in [0.29, 0.717) is 33.3 Å². The van der Waals surface area contributed by atoms with Gasteiger partial charge in [0.2, 0.25) is 0 Å². The zero-order valence-corrected chi connectivity index (χ0v) is 15.2. The third-order valence-electron chi connectivity index (χ3n) is 5.24. The molecule has 1 aromatic carbocycles. The van der Waals surface area contributed by atoms with Crippen molar-refractivity contribution in [3.05, 3.63) is 22.7 Å². The van der Waals surface area contributed by atoms with Crippen LogP contribution < -0.4 is 9.47 Å². The van der Waals surface area contributed by atoms with E-state index >= 15 is 0 Å². The van der Waals surface area contributed by atoms with Crippen LogP contribution in [-0.4, -0.2) is 14.2 Å². The van der Waals surface area contributed by atoms with Crippen LogP contribution in [0.3, 0.4) is 0 Å². The van der Waals surface area contributed by atoms with Gasteiger partial charge in [0.05, 0.1) is 14.2 Å². The molecule has 2 nitrogen and oxygen atoms in total. The second-order valence-corrected chi connectivity index (χ2v) is 7.89. The summed E-state index contributed by atoms with van der Waals surface area (Å²) in [5, 5.41) is 0.535. The van der Waals surface area contributed by atoms with Gasteiger partial charge in [0, 0.05) is 10.4 Å². The summed E-state index contributed by atoms with van der Waals surface area (Å²) in [5.74, 6) is 1.88. The molecule has 1 saturated carbocycles. The average Bonchev–Trinajstić information content (AvgIpc) is 2.78. The Morgan fingerprint density at radius 2 is 1.65 bits per heavy atom. The minimum absolute atomic E-state index is 0.214. The van der Waals surface area contributed by atoms with Crippen molar-refractivity contribution in [3.63, 3.8) is 0 Å². The van der Waals surface area contributed by atoms with Crippen LogP contribution in [-0.2, 0) is 0 Å². The Morgan fingerprint density at radius 1 is 1.10 bits per heavy atom. The quantitative estimate of drug-likeness (QED) is 0.661. The maximum Gasteiger partial charge on any atom is 0.145 e. The standard InChI is InChI=1S/C16H22BrClO2/c1-15(2)14(16(15,3)4)11(17)9-7-8-10(19-5)12(18)13(9)20-6/h7-8,11,14H,1-6H3. The van der Waals surface area contributed by atoms with Gasteiger partial charge in [0.15, 0.2) is 0 Å². The fourth-order valence-corrected chi connectivity index (χ4v) is 5.30. The maximum absolute atomic E-state index is 6.35. The summed E-state index contributed by atoms with van der Waals surface area (Å²) in [6.07, 6.45) is 0. The third kappa shape index (κ3) is 2.14. The number of ether oxygens (including phenoxy) is 2. The molecule has 0 amide bonds. The molecule has 0 radical (unpaired) electrons. The molecule has 0 aliphatic heterocycles. The Hall–Kier alpha value is -0.410. The molecule has 0 aromatic heterocycles. The van der Waals surface area contributed by atoms with E-state index in [1.54, 1.807) is 14.2 Å². The van der Waals surface area contributed by atoms with Crippen molar-refractivity contribution in [3.8, 4) is 11.5 Å². The molecule has 1 fully saturated rings. The van der Waals surface area contributed by atoms with E-state index in [4.69, 9.17) is 21.1 Å². The van der Waals surface area contributed by atoms with Crippen molar-refractivity contribution in [2.75, 3.05) is 14.2 Å². The number of halogens is 2. The Bertz CT molecular complexity index is 511. The first-order valence-electron chi connectivity index (χ1n) is 6.74. The van der Waals surface area contributed by atoms with Gasteiger partial charge < -0.3 is 9.47 Å². The summed E-state index contributed by atoms with van der Waals surface area (Å²) in [5.41, 5.74) is 1.67. The molecule has 0 N–H and O–H groups in total. The lowest BCUT2D eigenvalue weighted by atomic mass is 10.0. The summed E-state index contributed by atoms with van der Waals surface area (Å²) in [6.45, 7) is 9.24. The smallest absolute Gasteiger partial charge is 0.145 e. The molecule has 1 aromatic rings. The fraction of sp³-hybridized carbons (Fsp3) is 0.625. The van der Waals surface area contributed by atoms with Crippen LogP contribution in [0, 0.1) is 16.7 Å². The van der Waals surface area contributed by atoms with Gasteiger partial charge >= 0.3 is 0 Å². The highest BCUT2D eigenvalue weighted by Gasteiger charge is 2.67. The first-order chi connectivity index (χ1) is 9.20. The second kappa shape index (κ2) is 5.10. The van der Waals surface area contributed by atoms with Gasteiger partial charge in [-0.3, -0.25) is 0 Å². The summed E-state index contributed by atoms with van der Waals surface area (Å²) >= 11 is 10.2. The molecule has 0 saturated heterocycles. The molecule has 0 bridgehead atoms. The second-order valence-electron chi connectivity index (χ2n) is 6.53. The van der Waals surface area contributed by atoms with Crippen molar-refractivity contribution in [2.24, 2.45) is 16.7 Å². The van der Waals surface area contributed by atoms with E-state index in [2.05, 4.69) is 43.6 Å². The third-order valence-corrected chi connectivity index (χ3v) is 6.62. The number of methoxy groups -OCH3 is 2. The highest BCUT2D eigenvalue weighted by molar-refractivity contribution is 9.09. The van der Waals surface area contributed by atoms with Crippen LogP contribution in [0.4, 0.5) is 0 Å². The van der Waals surface area contributed by atoms with Gasteiger partial charge in [0.25, 0.3) is 0 Å². The van der Waals surface area contributed by atoms with Gasteiger partial charge in [-0.15, -0.1) is 0 Å². The van der Waals surface area contributed by atoms with Crippen LogP contribution >= 0.6 is 27.5 Å². The van der Waals surface area contributed by atoms with E-state index in [-0.39, 0.29) is 4.83 Å². The highest BCUT2D eigenvalue weighted by atomic mass is 79.9. The minimum Gasteiger partial charge on any atom is -0.495 e. The van der Waals surface area contributed by atoms with E-state index in [9.17, 15) is 0 Å². The van der Waals surface area contributed by atoms with Gasteiger partial charge in [0.1, 0.15) is 16.5 Å². The lowest BCUT2D eigenvalue weighted by molar-refractivity contribution is 0.389. The van der Waals surface area contributed by atoms with Crippen molar-refractivity contribution in [2.45, 2.75) is 32.5 Å². The van der Waals surface area contributed by atoms with Crippen LogP contribution in [0.5, 0.6) is 11.5 Å². The first kappa shape index (κ1) is 16.0. The normalized spacial score (nSPS) is 21.4. The zero-order valence-electron chi connectivity index (χ0n) is 12.9. The van der Waals surface area contributed by atoms with Gasteiger partial charge in [-0.2, -0.15) is 0 Å². The van der Waals surface area contributed by atoms with E-state index < -0.39 is 0 Å². The monoisotopic (exact) mass is 360 g/mol. The zero-order chi connectivity index (χ0) is 15.3. The van der Waals surface area contributed by atoms with E-state index in [0.717, 1.165) is 5.56 Å². The Balaban J connectivity index is 2.42. The summed E-state index contributed by atoms with van der Waals surface area (Å²) in [6, 6.07) is 3.93. The number of hydrogen-bond donors (Lipinski definition) is 0. The predicted molar refractivity (Wildman–Crippen MR) is 87.3 cm³/mol. The molecule has 0 heterocycles. The fourth-order valence-electron chi connectivity index (χ4n) is 3.29. The Kier molecular flexibility index (Phi) is 4.07. The van der Waals surface area contributed by atoms with Crippen LogP contribution in [0.15, 0.2) is 12.1 Å². The largest absolute Gasteiger partial charge is 0.495 e. The van der Waals surface area contributed by atoms with Crippen molar-refractivity contribution in [1.82, 2.24) is 0 Å². The van der Waals surface area contributed by atoms with E-state index in [1.165, 1.54) is 0 Å². The number of benzene rings is 1. The molecular weight excluding hydrogens is 340 g/mol. The lowest BCUT2D eigenvalue weighted by Crippen LogP contribution is -2.03. The molecular formula is C16H22BrClO2.